The number of aliphatic hydroxyl groups excluding tert-OH is 1. The number of fused-ring (bicyclic) bond motifs is 5. The maximum Gasteiger partial charge on any atom is 0.350 e. The van der Waals surface area contributed by atoms with Crippen LogP contribution < -0.4 is 5.32 Å². The van der Waals surface area contributed by atoms with Gasteiger partial charge in [-0.1, -0.05) is 105 Å². The molecule has 5 heterocycles. The van der Waals surface area contributed by atoms with Gasteiger partial charge in [0.1, 0.15) is 6.61 Å². The number of methoxy groups -OCH3 is 1. The zero-order valence-corrected chi connectivity index (χ0v) is 41.0. The second-order valence-corrected chi connectivity index (χ2v) is 19.7. The van der Waals surface area contributed by atoms with Gasteiger partial charge in [-0.05, 0) is 118 Å². The summed E-state index contributed by atoms with van der Waals surface area (Å²) in [5, 5.41) is 27.9. The second-order valence-electron chi connectivity index (χ2n) is 19.7. The molecule has 3 unspecified atom stereocenters. The third kappa shape index (κ3) is 10.3. The van der Waals surface area contributed by atoms with Crippen molar-refractivity contribution in [1.29, 1.82) is 0 Å². The van der Waals surface area contributed by atoms with Crippen molar-refractivity contribution in [2.75, 3.05) is 13.7 Å². The molecule has 0 spiro atoms. The molecule has 0 aromatic heterocycles. The van der Waals surface area contributed by atoms with Crippen LogP contribution in [0.15, 0.2) is 131 Å². The molecule has 5 atom stereocenters. The molecule has 3 N–H and O–H groups in total. The molecule has 1 aliphatic carbocycles. The number of rotatable bonds is 20. The fraction of sp³-hybridized carbons (Fsp3) is 0.545. The summed E-state index contributed by atoms with van der Waals surface area (Å²) in [6, 6.07) is 0. The van der Waals surface area contributed by atoms with E-state index in [1.165, 1.54) is 57.6 Å². The van der Waals surface area contributed by atoms with Crippen molar-refractivity contribution in [3.63, 3.8) is 0 Å². The molecule has 8 bridgehead atoms. The normalized spacial score (nSPS) is 23.7. The van der Waals surface area contributed by atoms with Crippen LogP contribution in [0, 0.1) is 29.6 Å². The van der Waals surface area contributed by atoms with Crippen molar-refractivity contribution in [3.8, 4) is 0 Å². The van der Waals surface area contributed by atoms with Crippen LogP contribution in [-0.4, -0.2) is 58.6 Å². The predicted molar refractivity (Wildman–Crippen MR) is 263 cm³/mol. The molecule has 1 fully saturated rings. The number of nitrogens with one attached hydrogen (secondary N) is 1. The van der Waals surface area contributed by atoms with Gasteiger partial charge in [-0.15, -0.1) is 0 Å². The number of hydrogen-bond acceptors (Lipinski definition) is 10. The number of nitrogens with zero attached hydrogens (tertiary/aromatic N) is 3. The van der Waals surface area contributed by atoms with E-state index in [4.69, 9.17) is 24.5 Å². The zero-order chi connectivity index (χ0) is 47.3. The lowest BCUT2D eigenvalue weighted by atomic mass is 9.83. The third-order valence-corrected chi connectivity index (χ3v) is 14.5. The monoisotopic (exact) mass is 887 g/mol. The van der Waals surface area contributed by atoms with E-state index in [1.807, 2.05) is 51.2 Å². The molecule has 0 aromatic rings. The Morgan fingerprint density at radius 1 is 0.892 bits per heavy atom. The SMILES string of the molecule is C=CC1=C(C)C2=NC1=CC1=NC(=CC3=C(C)C4=C(O)C(O)(C(=O)OC)C(=C5NC(=C2)[C@@H](C)[C@@H]5CCC(=O)OC/C=C(\C)CCCC(C)CCCC(C)CCCC(C)C)C4=N3)C(CC)=C1C. The van der Waals surface area contributed by atoms with Gasteiger partial charge in [-0.25, -0.2) is 19.8 Å². The molecule has 6 aliphatic rings. The molecule has 0 saturated carbocycles. The maximum absolute atomic E-state index is 13.7. The van der Waals surface area contributed by atoms with E-state index in [0.29, 0.717) is 29.3 Å². The van der Waals surface area contributed by atoms with Gasteiger partial charge in [0.25, 0.3) is 0 Å². The molecule has 10 heteroatoms. The van der Waals surface area contributed by atoms with Crippen LogP contribution in [0.5, 0.6) is 0 Å². The summed E-state index contributed by atoms with van der Waals surface area (Å²) in [7, 11) is 1.18. The topological polar surface area (TPSA) is 142 Å². The van der Waals surface area contributed by atoms with Crippen LogP contribution in [0.4, 0.5) is 0 Å². The van der Waals surface area contributed by atoms with Crippen LogP contribution in [-0.2, 0) is 19.1 Å². The minimum absolute atomic E-state index is 0.0878. The Labute approximate surface area is 388 Å². The van der Waals surface area contributed by atoms with Crippen molar-refractivity contribution >= 4 is 29.1 Å². The van der Waals surface area contributed by atoms with Crippen molar-refractivity contribution in [2.45, 2.75) is 152 Å². The van der Waals surface area contributed by atoms with Crippen molar-refractivity contribution in [3.05, 3.63) is 116 Å². The molecule has 0 amide bonds. The summed E-state index contributed by atoms with van der Waals surface area (Å²) < 4.78 is 10.9. The van der Waals surface area contributed by atoms with E-state index >= 15 is 0 Å². The average Bonchev–Trinajstić information content (AvgIpc) is 3.99. The van der Waals surface area contributed by atoms with Gasteiger partial charge < -0.3 is 25.0 Å². The second kappa shape index (κ2) is 21.0. The number of allylic oxidation sites excluding steroid dienone is 12. The molecule has 0 radical (unpaired) electrons. The van der Waals surface area contributed by atoms with Crippen LogP contribution in [0.3, 0.4) is 0 Å². The number of aliphatic imine (C=N–C) groups is 3. The van der Waals surface area contributed by atoms with Crippen molar-refractivity contribution < 1.29 is 29.3 Å². The van der Waals surface area contributed by atoms with E-state index < -0.39 is 23.2 Å². The molecule has 10 nitrogen and oxygen atoms in total. The lowest BCUT2D eigenvalue weighted by Gasteiger charge is -2.26. The third-order valence-electron chi connectivity index (χ3n) is 14.5. The Kier molecular flexibility index (Phi) is 16.0. The highest BCUT2D eigenvalue weighted by Gasteiger charge is 2.59. The highest BCUT2D eigenvalue weighted by Crippen LogP contribution is 2.51. The number of ether oxygens (including phenoxy) is 2. The van der Waals surface area contributed by atoms with Gasteiger partial charge >= 0.3 is 11.9 Å². The summed E-state index contributed by atoms with van der Waals surface area (Å²) in [5.74, 6) is -0.273. The first-order valence-corrected chi connectivity index (χ1v) is 24.2. The van der Waals surface area contributed by atoms with E-state index in [-0.39, 0.29) is 41.8 Å². The molecule has 350 valence electrons. The van der Waals surface area contributed by atoms with Gasteiger partial charge in [0.15, 0.2) is 5.76 Å². The van der Waals surface area contributed by atoms with Crippen molar-refractivity contribution in [2.24, 2.45) is 44.6 Å². The Bertz CT molecular complexity index is 2350. The van der Waals surface area contributed by atoms with Crippen LogP contribution in [0.1, 0.15) is 146 Å². The van der Waals surface area contributed by atoms with Gasteiger partial charge in [-0.2, -0.15) is 0 Å². The van der Waals surface area contributed by atoms with E-state index in [1.54, 1.807) is 0 Å². The van der Waals surface area contributed by atoms with Crippen LogP contribution >= 0.6 is 0 Å². The largest absolute Gasteiger partial charge is 0.507 e. The fourth-order valence-corrected chi connectivity index (χ4v) is 10.2. The molecular weight excluding hydrogens is 813 g/mol. The first kappa shape index (κ1) is 49.3. The maximum atomic E-state index is 13.7. The summed E-state index contributed by atoms with van der Waals surface area (Å²) in [6.07, 6.45) is 22.0. The lowest BCUT2D eigenvalue weighted by molar-refractivity contribution is -0.156. The molecule has 1 saturated heterocycles. The standard InChI is InChI=1S/C55H74N4O6/c1-13-39-35(8)42-28-44-37(10)41(24-25-48(60)65-27-26-34(7)23-17-22-33(6)21-16-20-32(5)19-15-18-31(3)4)51(58-44)50-52-49(53(61)55(50,63)54(62)64-12)38(11)45(59-52)30-47-40(14-2)36(9)43(57-47)29-46(39)56-42/h13,26,28-33,37,41,58,61,63H,1,14-25,27H2,2-12H3/b34-26+,44-28?,46-29?,47-30?,51-50?/t32?,33?,37-,41-,55?/m0/s1. The average molecular weight is 887 g/mol. The van der Waals surface area contributed by atoms with E-state index in [9.17, 15) is 19.8 Å². The van der Waals surface area contributed by atoms with E-state index in [2.05, 4.69) is 60.4 Å². The van der Waals surface area contributed by atoms with Gasteiger partial charge in [0.05, 0.1) is 41.3 Å². The fourth-order valence-electron chi connectivity index (χ4n) is 10.2. The molecule has 0 aromatic carbocycles. The summed E-state index contributed by atoms with van der Waals surface area (Å²) >= 11 is 0. The van der Waals surface area contributed by atoms with Gasteiger partial charge in [0.2, 0.25) is 5.60 Å². The quantitative estimate of drug-likeness (QED) is 0.0816. The summed E-state index contributed by atoms with van der Waals surface area (Å²) in [6.45, 7) is 25.8. The Hall–Kier alpha value is -5.09. The number of hydrogen-bond donors (Lipinski definition) is 3. The zero-order valence-electron chi connectivity index (χ0n) is 41.0. The minimum Gasteiger partial charge on any atom is -0.507 e. The molecule has 5 aliphatic heterocycles. The summed E-state index contributed by atoms with van der Waals surface area (Å²) in [4.78, 5) is 42.3. The Balaban J connectivity index is 1.22. The Morgan fingerprint density at radius 2 is 1.54 bits per heavy atom. The number of aliphatic hydroxyl groups is 2. The number of carbonyl (C=O) groups is 2. The molecular formula is C55H74N4O6. The van der Waals surface area contributed by atoms with Gasteiger partial charge in [-0.3, -0.25) is 4.79 Å². The van der Waals surface area contributed by atoms with E-state index in [0.717, 1.165) is 81.9 Å². The molecule has 65 heavy (non-hydrogen) atoms. The first-order chi connectivity index (χ1) is 30.9. The highest BCUT2D eigenvalue weighted by atomic mass is 16.5. The molecule has 6 rings (SSSR count). The van der Waals surface area contributed by atoms with Crippen LogP contribution in [0.25, 0.3) is 0 Å². The smallest absolute Gasteiger partial charge is 0.350 e. The van der Waals surface area contributed by atoms with Gasteiger partial charge in [0, 0.05) is 46.4 Å². The summed E-state index contributed by atoms with van der Waals surface area (Å²) in [5.41, 5.74) is 8.67. The lowest BCUT2D eigenvalue weighted by Crippen LogP contribution is -2.44. The number of esters is 2. The highest BCUT2D eigenvalue weighted by molar-refractivity contribution is 6.26. The number of carbonyl (C=O) groups excluding carboxylic acids is 2. The minimum atomic E-state index is -2.55. The predicted octanol–water partition coefficient (Wildman–Crippen LogP) is 12.1. The first-order valence-electron chi connectivity index (χ1n) is 24.2. The van der Waals surface area contributed by atoms with Crippen LogP contribution in [0.2, 0.25) is 0 Å². The Morgan fingerprint density at radius 3 is 2.18 bits per heavy atom. The van der Waals surface area contributed by atoms with Crippen molar-refractivity contribution in [1.82, 2.24) is 5.32 Å².